The first-order valence-electron chi connectivity index (χ1n) is 3.98. The Bertz CT molecular complexity index is 160. The number of carbonyl (C=O) groups is 1. The van der Waals surface area contributed by atoms with E-state index in [4.69, 9.17) is 11.2 Å². The molecule has 0 bridgehead atoms. The van der Waals surface area contributed by atoms with E-state index in [0.29, 0.717) is 12.4 Å². The lowest BCUT2D eigenvalue weighted by atomic mass is 10.4. The Morgan fingerprint density at radius 3 is 3.00 bits per heavy atom. The number of terminal acetylenes is 1. The lowest BCUT2D eigenvalue weighted by molar-refractivity contribution is -0.139. The van der Waals surface area contributed by atoms with Crippen molar-refractivity contribution >= 4 is 17.7 Å². The first-order valence-corrected chi connectivity index (χ1v) is 5.13. The van der Waals surface area contributed by atoms with Crippen molar-refractivity contribution in [2.24, 2.45) is 0 Å². The van der Waals surface area contributed by atoms with Gasteiger partial charge in [-0.1, -0.05) is 0 Å². The van der Waals surface area contributed by atoms with Gasteiger partial charge in [0, 0.05) is 6.42 Å². The summed E-state index contributed by atoms with van der Waals surface area (Å²) in [6.07, 6.45) is 6.83. The molecule has 0 spiro atoms. The Kier molecular flexibility index (Phi) is 8.04. The Hall–Kier alpha value is -0.620. The summed E-state index contributed by atoms with van der Waals surface area (Å²) in [7, 11) is 0. The van der Waals surface area contributed by atoms with Crippen LogP contribution in [-0.2, 0) is 9.53 Å². The SMILES string of the molecule is C#CCCCSCC(=O)OCC. The molecule has 0 saturated heterocycles. The van der Waals surface area contributed by atoms with Gasteiger partial charge in [-0.05, 0) is 19.1 Å². The lowest BCUT2D eigenvalue weighted by Gasteiger charge is -2.00. The summed E-state index contributed by atoms with van der Waals surface area (Å²) in [6, 6.07) is 0. The molecule has 0 rings (SSSR count). The van der Waals surface area contributed by atoms with Gasteiger partial charge in [-0.3, -0.25) is 4.79 Å². The number of carbonyl (C=O) groups excluding carboxylic acids is 1. The van der Waals surface area contributed by atoms with Gasteiger partial charge in [-0.15, -0.1) is 12.3 Å². The normalized spacial score (nSPS) is 9.00. The highest BCUT2D eigenvalue weighted by Gasteiger charge is 1.99. The van der Waals surface area contributed by atoms with Gasteiger partial charge in [0.2, 0.25) is 0 Å². The molecule has 0 aromatic heterocycles. The molecule has 0 N–H and O–H groups in total. The number of ether oxygens (including phenoxy) is 1. The summed E-state index contributed by atoms with van der Waals surface area (Å²) >= 11 is 1.57. The quantitative estimate of drug-likeness (QED) is 0.359. The topological polar surface area (TPSA) is 26.3 Å². The van der Waals surface area contributed by atoms with Crippen LogP contribution in [0.3, 0.4) is 0 Å². The van der Waals surface area contributed by atoms with Crippen molar-refractivity contribution in [3.63, 3.8) is 0 Å². The average molecular weight is 186 g/mol. The molecule has 0 aromatic rings. The van der Waals surface area contributed by atoms with Crippen LogP contribution in [0.4, 0.5) is 0 Å². The first kappa shape index (κ1) is 11.4. The van der Waals surface area contributed by atoms with Crippen molar-refractivity contribution in [1.82, 2.24) is 0 Å². The van der Waals surface area contributed by atoms with Gasteiger partial charge in [0.05, 0.1) is 12.4 Å². The monoisotopic (exact) mass is 186 g/mol. The van der Waals surface area contributed by atoms with Crippen LogP contribution in [0, 0.1) is 12.3 Å². The third-order valence-electron chi connectivity index (χ3n) is 1.14. The van der Waals surface area contributed by atoms with Crippen LogP contribution in [0.5, 0.6) is 0 Å². The number of rotatable bonds is 6. The molecule has 0 aliphatic rings. The van der Waals surface area contributed by atoms with Crippen LogP contribution in [0.1, 0.15) is 19.8 Å². The number of thioether (sulfide) groups is 1. The van der Waals surface area contributed by atoms with E-state index in [1.807, 2.05) is 0 Å². The van der Waals surface area contributed by atoms with E-state index >= 15 is 0 Å². The minimum Gasteiger partial charge on any atom is -0.465 e. The van der Waals surface area contributed by atoms with Crippen LogP contribution in [-0.4, -0.2) is 24.1 Å². The second-order valence-corrected chi connectivity index (χ2v) is 3.27. The molecule has 0 aliphatic carbocycles. The van der Waals surface area contributed by atoms with Crippen LogP contribution in [0.15, 0.2) is 0 Å². The summed E-state index contributed by atoms with van der Waals surface area (Å²) in [5, 5.41) is 0. The molecule has 3 heteroatoms. The van der Waals surface area contributed by atoms with Crippen molar-refractivity contribution in [2.75, 3.05) is 18.1 Å². The minimum atomic E-state index is -0.136. The number of unbranched alkanes of at least 4 members (excludes halogenated alkanes) is 1. The molecule has 0 unspecified atom stereocenters. The standard InChI is InChI=1S/C9H14O2S/c1-3-5-6-7-12-8-9(10)11-4-2/h1H,4-8H2,2H3. The largest absolute Gasteiger partial charge is 0.465 e. The van der Waals surface area contributed by atoms with Crippen LogP contribution in [0.2, 0.25) is 0 Å². The predicted molar refractivity (Wildman–Crippen MR) is 52.0 cm³/mol. The zero-order chi connectivity index (χ0) is 9.23. The molecule has 0 aromatic carbocycles. The Morgan fingerprint density at radius 2 is 2.42 bits per heavy atom. The van der Waals surface area contributed by atoms with Gasteiger partial charge in [-0.25, -0.2) is 0 Å². The van der Waals surface area contributed by atoms with Gasteiger partial charge >= 0.3 is 5.97 Å². The van der Waals surface area contributed by atoms with E-state index in [1.54, 1.807) is 18.7 Å². The van der Waals surface area contributed by atoms with Gasteiger partial charge in [0.25, 0.3) is 0 Å². The molecule has 2 nitrogen and oxygen atoms in total. The molecule has 0 aliphatic heterocycles. The van der Waals surface area contributed by atoms with Gasteiger partial charge in [0.15, 0.2) is 0 Å². The Morgan fingerprint density at radius 1 is 1.67 bits per heavy atom. The Balaban J connectivity index is 3.09. The summed E-state index contributed by atoms with van der Waals surface area (Å²) in [4.78, 5) is 10.8. The van der Waals surface area contributed by atoms with Gasteiger partial charge < -0.3 is 4.74 Å². The van der Waals surface area contributed by atoms with Crippen molar-refractivity contribution in [1.29, 1.82) is 0 Å². The molecule has 0 atom stereocenters. The summed E-state index contributed by atoms with van der Waals surface area (Å²) in [5.74, 6) is 3.79. The van der Waals surface area contributed by atoms with E-state index in [0.717, 1.165) is 18.6 Å². The lowest BCUT2D eigenvalue weighted by Crippen LogP contribution is -2.06. The maximum absolute atomic E-state index is 10.8. The van der Waals surface area contributed by atoms with Crippen LogP contribution in [0.25, 0.3) is 0 Å². The smallest absolute Gasteiger partial charge is 0.315 e. The summed E-state index contributed by atoms with van der Waals surface area (Å²) in [5.41, 5.74) is 0. The fourth-order valence-electron chi connectivity index (χ4n) is 0.634. The van der Waals surface area contributed by atoms with E-state index in [9.17, 15) is 4.79 Å². The van der Waals surface area contributed by atoms with E-state index in [-0.39, 0.29) is 5.97 Å². The van der Waals surface area contributed by atoms with Crippen LogP contribution < -0.4 is 0 Å². The molecular formula is C9H14O2S. The Labute approximate surface area is 78.1 Å². The van der Waals surface area contributed by atoms with Gasteiger partial charge in [0.1, 0.15) is 0 Å². The maximum atomic E-state index is 10.8. The zero-order valence-electron chi connectivity index (χ0n) is 7.34. The van der Waals surface area contributed by atoms with Crippen molar-refractivity contribution in [3.05, 3.63) is 0 Å². The van der Waals surface area contributed by atoms with Crippen molar-refractivity contribution in [3.8, 4) is 12.3 Å². The van der Waals surface area contributed by atoms with Gasteiger partial charge in [-0.2, -0.15) is 11.8 Å². The van der Waals surface area contributed by atoms with E-state index in [2.05, 4.69) is 5.92 Å². The number of esters is 1. The van der Waals surface area contributed by atoms with Crippen molar-refractivity contribution < 1.29 is 9.53 Å². The average Bonchev–Trinajstić information content (AvgIpc) is 2.05. The predicted octanol–water partition coefficient (Wildman–Crippen LogP) is 1.70. The molecule has 12 heavy (non-hydrogen) atoms. The third-order valence-corrected chi connectivity index (χ3v) is 2.15. The highest BCUT2D eigenvalue weighted by molar-refractivity contribution is 7.99. The highest BCUT2D eigenvalue weighted by Crippen LogP contribution is 2.04. The molecule has 0 amide bonds. The molecule has 0 fully saturated rings. The molecule has 68 valence electrons. The summed E-state index contributed by atoms with van der Waals surface area (Å²) < 4.78 is 4.75. The van der Waals surface area contributed by atoms with E-state index in [1.165, 1.54) is 0 Å². The zero-order valence-corrected chi connectivity index (χ0v) is 8.15. The second-order valence-electron chi connectivity index (χ2n) is 2.17. The molecular weight excluding hydrogens is 172 g/mol. The maximum Gasteiger partial charge on any atom is 0.315 e. The molecule has 0 radical (unpaired) electrons. The fraction of sp³-hybridized carbons (Fsp3) is 0.667. The number of hydrogen-bond acceptors (Lipinski definition) is 3. The first-order chi connectivity index (χ1) is 5.81. The second kappa shape index (κ2) is 8.48. The number of hydrogen-bond donors (Lipinski definition) is 0. The van der Waals surface area contributed by atoms with E-state index < -0.39 is 0 Å². The molecule has 0 heterocycles. The summed E-state index contributed by atoms with van der Waals surface area (Å²) in [6.45, 7) is 2.27. The fourth-order valence-corrected chi connectivity index (χ4v) is 1.38. The van der Waals surface area contributed by atoms with Crippen molar-refractivity contribution in [2.45, 2.75) is 19.8 Å². The highest BCUT2D eigenvalue weighted by atomic mass is 32.2. The molecule has 0 saturated carbocycles. The van der Waals surface area contributed by atoms with Crippen LogP contribution >= 0.6 is 11.8 Å². The minimum absolute atomic E-state index is 0.136. The third kappa shape index (κ3) is 7.49.